The molecule has 0 aliphatic heterocycles. The molecule has 2 aromatic carbocycles. The lowest BCUT2D eigenvalue weighted by molar-refractivity contribution is -0.387. The van der Waals surface area contributed by atoms with Gasteiger partial charge in [-0.3, -0.25) is 19.7 Å². The Morgan fingerprint density at radius 3 is 2.61 bits per heavy atom. The van der Waals surface area contributed by atoms with Crippen LogP contribution in [-0.2, 0) is 0 Å². The molecular formula is C19H15N3O4S2. The van der Waals surface area contributed by atoms with Gasteiger partial charge in [-0.25, -0.2) is 4.98 Å². The summed E-state index contributed by atoms with van der Waals surface area (Å²) in [5.74, 6) is -0.717. The Morgan fingerprint density at radius 1 is 1.21 bits per heavy atom. The lowest BCUT2D eigenvalue weighted by Gasteiger charge is -2.09. The van der Waals surface area contributed by atoms with E-state index in [1.54, 1.807) is 24.3 Å². The smallest absolute Gasteiger partial charge is 0.284 e. The Labute approximate surface area is 169 Å². The number of benzene rings is 2. The number of amides is 1. The van der Waals surface area contributed by atoms with Gasteiger partial charge in [-0.05, 0) is 38.1 Å². The molecule has 9 heteroatoms. The van der Waals surface area contributed by atoms with E-state index < -0.39 is 10.8 Å². The van der Waals surface area contributed by atoms with Crippen LogP contribution < -0.4 is 5.32 Å². The summed E-state index contributed by atoms with van der Waals surface area (Å²) < 4.78 is 0.688. The lowest BCUT2D eigenvalue weighted by atomic mass is 10.1. The Morgan fingerprint density at radius 2 is 1.96 bits per heavy atom. The number of rotatable bonds is 6. The number of ketones is 1. The van der Waals surface area contributed by atoms with Crippen molar-refractivity contribution < 1.29 is 14.5 Å². The maximum Gasteiger partial charge on any atom is 0.284 e. The predicted octanol–water partition coefficient (Wildman–Crippen LogP) is 4.97. The molecule has 7 nitrogen and oxygen atoms in total. The summed E-state index contributed by atoms with van der Waals surface area (Å²) in [6.07, 6.45) is 0. The van der Waals surface area contributed by atoms with Crippen LogP contribution in [0.4, 0.5) is 11.4 Å². The van der Waals surface area contributed by atoms with Crippen LogP contribution in [0.3, 0.4) is 0 Å². The highest BCUT2D eigenvalue weighted by molar-refractivity contribution is 8.01. The summed E-state index contributed by atoms with van der Waals surface area (Å²) in [6, 6.07) is 10.9. The van der Waals surface area contributed by atoms with Crippen molar-refractivity contribution in [3.05, 3.63) is 74.8 Å². The molecule has 0 saturated heterocycles. The molecule has 1 heterocycles. The second-order valence-electron chi connectivity index (χ2n) is 5.85. The van der Waals surface area contributed by atoms with Crippen LogP contribution in [-0.4, -0.2) is 21.6 Å². The van der Waals surface area contributed by atoms with Gasteiger partial charge in [0.2, 0.25) is 0 Å². The Kier molecular flexibility index (Phi) is 5.86. The van der Waals surface area contributed by atoms with Gasteiger partial charge in [0.1, 0.15) is 0 Å². The van der Waals surface area contributed by atoms with Crippen molar-refractivity contribution in [1.29, 1.82) is 0 Å². The molecule has 0 saturated carbocycles. The van der Waals surface area contributed by atoms with Gasteiger partial charge in [0.25, 0.3) is 11.6 Å². The molecule has 3 rings (SSSR count). The monoisotopic (exact) mass is 413 g/mol. The number of nitrogens with one attached hydrogen (secondary N) is 1. The van der Waals surface area contributed by atoms with Gasteiger partial charge in [-0.15, -0.1) is 11.3 Å². The van der Waals surface area contributed by atoms with Crippen molar-refractivity contribution in [2.75, 3.05) is 5.32 Å². The molecule has 0 unspecified atom stereocenters. The highest BCUT2D eigenvalue weighted by Gasteiger charge is 2.20. The lowest BCUT2D eigenvalue weighted by Crippen LogP contribution is -2.14. The molecule has 0 atom stereocenters. The normalized spacial score (nSPS) is 10.5. The predicted molar refractivity (Wildman–Crippen MR) is 108 cm³/mol. The quantitative estimate of drug-likeness (QED) is 0.348. The van der Waals surface area contributed by atoms with Gasteiger partial charge in [0.05, 0.1) is 15.5 Å². The number of carbonyl (C=O) groups is 2. The summed E-state index contributed by atoms with van der Waals surface area (Å²) >= 11 is 2.58. The van der Waals surface area contributed by atoms with E-state index in [0.29, 0.717) is 20.5 Å². The molecule has 0 spiro atoms. The fourth-order valence-corrected chi connectivity index (χ4v) is 4.33. The van der Waals surface area contributed by atoms with Crippen LogP contribution >= 0.6 is 23.1 Å². The number of carbonyl (C=O) groups excluding carboxylic acids is 2. The molecule has 0 radical (unpaired) electrons. The highest BCUT2D eigenvalue weighted by Crippen LogP contribution is 2.37. The number of hydrogen-bond donors (Lipinski definition) is 1. The number of nitro benzene ring substituents is 1. The number of anilines is 1. The topological polar surface area (TPSA) is 102 Å². The molecule has 0 bridgehead atoms. The van der Waals surface area contributed by atoms with Crippen LogP contribution in [0.1, 0.15) is 33.3 Å². The third-order valence-electron chi connectivity index (χ3n) is 3.77. The van der Waals surface area contributed by atoms with Gasteiger partial charge in [-0.1, -0.05) is 23.9 Å². The third kappa shape index (κ3) is 4.44. The fourth-order valence-electron chi connectivity index (χ4n) is 2.45. The van der Waals surface area contributed by atoms with Crippen LogP contribution in [0.5, 0.6) is 0 Å². The van der Waals surface area contributed by atoms with E-state index in [1.165, 1.54) is 48.2 Å². The highest BCUT2D eigenvalue weighted by atomic mass is 32.2. The second-order valence-corrected chi connectivity index (χ2v) is 8.00. The van der Waals surface area contributed by atoms with Crippen LogP contribution in [0.15, 0.2) is 57.1 Å². The van der Waals surface area contributed by atoms with Crippen LogP contribution in [0.25, 0.3) is 0 Å². The van der Waals surface area contributed by atoms with E-state index in [-0.39, 0.29) is 17.0 Å². The number of thiazole rings is 1. The zero-order valence-electron chi connectivity index (χ0n) is 15.0. The van der Waals surface area contributed by atoms with E-state index in [4.69, 9.17) is 0 Å². The molecule has 1 aromatic heterocycles. The van der Waals surface area contributed by atoms with Crippen molar-refractivity contribution in [3.63, 3.8) is 0 Å². The number of aryl methyl sites for hydroxylation is 1. The SMILES string of the molecule is CC(=O)c1ccccc1NC(=O)c1ccc(Sc2nc(C)cs2)c([N+](=O)[O-])c1. The van der Waals surface area contributed by atoms with Crippen molar-refractivity contribution in [2.24, 2.45) is 0 Å². The van der Waals surface area contributed by atoms with Crippen molar-refractivity contribution in [1.82, 2.24) is 4.98 Å². The second kappa shape index (κ2) is 8.32. The zero-order valence-corrected chi connectivity index (χ0v) is 16.6. The van der Waals surface area contributed by atoms with Crippen molar-refractivity contribution in [3.8, 4) is 0 Å². The number of hydrogen-bond acceptors (Lipinski definition) is 7. The first-order chi connectivity index (χ1) is 13.3. The minimum Gasteiger partial charge on any atom is -0.321 e. The average molecular weight is 413 g/mol. The summed E-state index contributed by atoms with van der Waals surface area (Å²) in [5.41, 5.74) is 1.53. The van der Waals surface area contributed by atoms with Gasteiger partial charge >= 0.3 is 0 Å². The van der Waals surface area contributed by atoms with Gasteiger partial charge < -0.3 is 5.32 Å². The number of aromatic nitrogens is 1. The van der Waals surface area contributed by atoms with E-state index in [0.717, 1.165) is 5.69 Å². The zero-order chi connectivity index (χ0) is 20.3. The Bertz CT molecular complexity index is 1080. The van der Waals surface area contributed by atoms with Gasteiger partial charge in [-0.2, -0.15) is 0 Å². The van der Waals surface area contributed by atoms with Crippen molar-refractivity contribution >= 4 is 46.2 Å². The Hall–Kier alpha value is -3.04. The van der Waals surface area contributed by atoms with Crippen molar-refractivity contribution in [2.45, 2.75) is 23.1 Å². The van der Waals surface area contributed by atoms with Gasteiger partial charge in [0, 0.05) is 28.3 Å². The Balaban J connectivity index is 1.88. The molecule has 0 aliphatic rings. The minimum absolute atomic E-state index is 0.129. The number of Topliss-reactive ketones (excluding diaryl/α,β-unsaturated/α-hetero) is 1. The summed E-state index contributed by atoms with van der Waals surface area (Å²) in [5, 5.41) is 16.0. The first-order valence-corrected chi connectivity index (χ1v) is 9.84. The third-order valence-corrected chi connectivity index (χ3v) is 5.89. The molecule has 28 heavy (non-hydrogen) atoms. The maximum absolute atomic E-state index is 12.6. The van der Waals surface area contributed by atoms with Gasteiger partial charge in [0.15, 0.2) is 10.1 Å². The van der Waals surface area contributed by atoms with E-state index in [9.17, 15) is 19.7 Å². The molecule has 1 amide bonds. The molecule has 0 aliphatic carbocycles. The van der Waals surface area contributed by atoms with E-state index in [1.807, 2.05) is 12.3 Å². The number of nitrogens with zero attached hydrogens (tertiary/aromatic N) is 2. The summed E-state index contributed by atoms with van der Waals surface area (Å²) in [4.78, 5) is 39.9. The largest absolute Gasteiger partial charge is 0.321 e. The summed E-state index contributed by atoms with van der Waals surface area (Å²) in [6.45, 7) is 3.25. The average Bonchev–Trinajstić information content (AvgIpc) is 3.06. The molecule has 1 N–H and O–H groups in total. The fraction of sp³-hybridized carbons (Fsp3) is 0.105. The first kappa shape index (κ1) is 19.7. The van der Waals surface area contributed by atoms with E-state index in [2.05, 4.69) is 10.3 Å². The molecule has 142 valence electrons. The first-order valence-electron chi connectivity index (χ1n) is 8.15. The molecular weight excluding hydrogens is 398 g/mol. The van der Waals surface area contributed by atoms with Crippen LogP contribution in [0.2, 0.25) is 0 Å². The molecule has 0 fully saturated rings. The van der Waals surface area contributed by atoms with Crippen LogP contribution in [0, 0.1) is 17.0 Å². The summed E-state index contributed by atoms with van der Waals surface area (Å²) in [7, 11) is 0. The maximum atomic E-state index is 12.6. The number of nitro groups is 1. The standard InChI is InChI=1S/C19H15N3O4S2/c1-11-10-27-19(20-11)28-17-8-7-13(9-16(17)22(25)26)18(24)21-15-6-4-3-5-14(15)12(2)23/h3-10H,1-2H3,(H,21,24). The minimum atomic E-state index is -0.529. The molecule has 3 aromatic rings. The number of para-hydroxylation sites is 1. The van der Waals surface area contributed by atoms with E-state index >= 15 is 0 Å².